The van der Waals surface area contributed by atoms with E-state index >= 15 is 0 Å². The number of anilines is 1. The van der Waals surface area contributed by atoms with Gasteiger partial charge < -0.3 is 11.1 Å². The maximum Gasteiger partial charge on any atom is 0.255 e. The summed E-state index contributed by atoms with van der Waals surface area (Å²) in [5.74, 6) is -5.76. The molecule has 1 aliphatic heterocycles. The van der Waals surface area contributed by atoms with Gasteiger partial charge in [0.15, 0.2) is 17.5 Å². The number of nitrogens with two attached hydrogens (primary N) is 1. The second kappa shape index (κ2) is 8.43. The van der Waals surface area contributed by atoms with E-state index in [4.69, 9.17) is 5.73 Å². The molecular formula is C20H20F3N3O2. The number of nitrogens with zero attached hydrogens (tertiary/aromatic N) is 1. The zero-order valence-electron chi connectivity index (χ0n) is 15.1. The maximum atomic E-state index is 13.4. The highest BCUT2D eigenvalue weighted by Gasteiger charge is 2.24. The van der Waals surface area contributed by atoms with E-state index in [0.29, 0.717) is 30.9 Å². The zero-order valence-corrected chi connectivity index (χ0v) is 15.1. The van der Waals surface area contributed by atoms with Gasteiger partial charge in [0.1, 0.15) is 0 Å². The summed E-state index contributed by atoms with van der Waals surface area (Å²) >= 11 is 0. The second-order valence-corrected chi connectivity index (χ2v) is 6.84. The van der Waals surface area contributed by atoms with Gasteiger partial charge in [-0.25, -0.2) is 13.2 Å². The summed E-state index contributed by atoms with van der Waals surface area (Å²) in [7, 11) is 0. The molecule has 2 aromatic rings. The van der Waals surface area contributed by atoms with E-state index in [2.05, 4.69) is 10.2 Å². The van der Waals surface area contributed by atoms with Crippen LogP contribution in [0.2, 0.25) is 0 Å². The Bertz CT molecular complexity index is 881. The SMILES string of the molecule is NC(=O)[C@@H]1CCCN(Cc2ccccc2NC(=O)c2cc(F)c(F)c(F)c2)C1. The molecule has 0 aromatic heterocycles. The molecule has 1 saturated heterocycles. The fourth-order valence-electron chi connectivity index (χ4n) is 3.33. The zero-order chi connectivity index (χ0) is 20.3. The summed E-state index contributed by atoms with van der Waals surface area (Å²) < 4.78 is 39.9. The lowest BCUT2D eigenvalue weighted by Crippen LogP contribution is -2.40. The Hall–Kier alpha value is -2.87. The number of likely N-dealkylation sites (tertiary alicyclic amines) is 1. The van der Waals surface area contributed by atoms with Crippen molar-refractivity contribution in [3.8, 4) is 0 Å². The van der Waals surface area contributed by atoms with Gasteiger partial charge in [-0.1, -0.05) is 18.2 Å². The quantitative estimate of drug-likeness (QED) is 0.770. The molecule has 0 spiro atoms. The molecule has 3 N–H and O–H groups in total. The minimum atomic E-state index is -1.62. The third kappa shape index (κ3) is 4.51. The first-order valence-corrected chi connectivity index (χ1v) is 8.90. The molecule has 0 bridgehead atoms. The lowest BCUT2D eigenvalue weighted by molar-refractivity contribution is -0.123. The fraction of sp³-hybridized carbons (Fsp3) is 0.300. The normalized spacial score (nSPS) is 17.3. The molecule has 1 atom stereocenters. The number of para-hydroxylation sites is 1. The van der Waals surface area contributed by atoms with E-state index in [9.17, 15) is 22.8 Å². The van der Waals surface area contributed by atoms with E-state index in [-0.39, 0.29) is 17.4 Å². The molecule has 0 unspecified atom stereocenters. The Labute approximate surface area is 160 Å². The van der Waals surface area contributed by atoms with Crippen LogP contribution in [-0.2, 0) is 11.3 Å². The molecular weight excluding hydrogens is 371 g/mol. The van der Waals surface area contributed by atoms with Gasteiger partial charge in [-0.3, -0.25) is 14.5 Å². The molecule has 28 heavy (non-hydrogen) atoms. The van der Waals surface area contributed by atoms with Crippen LogP contribution in [0, 0.1) is 23.4 Å². The summed E-state index contributed by atoms with van der Waals surface area (Å²) in [6, 6.07) is 8.30. The summed E-state index contributed by atoms with van der Waals surface area (Å²) in [5, 5.41) is 2.61. The minimum absolute atomic E-state index is 0.208. The Morgan fingerprint density at radius 3 is 2.50 bits per heavy atom. The average Bonchev–Trinajstić information content (AvgIpc) is 2.67. The van der Waals surface area contributed by atoms with Crippen molar-refractivity contribution in [2.45, 2.75) is 19.4 Å². The van der Waals surface area contributed by atoms with E-state index in [1.807, 2.05) is 6.07 Å². The van der Waals surface area contributed by atoms with Crippen molar-refractivity contribution in [3.63, 3.8) is 0 Å². The molecule has 8 heteroatoms. The molecule has 0 aliphatic carbocycles. The number of carbonyl (C=O) groups is 2. The van der Waals surface area contributed by atoms with E-state index < -0.39 is 23.4 Å². The third-order valence-electron chi connectivity index (χ3n) is 4.81. The Morgan fingerprint density at radius 1 is 1.14 bits per heavy atom. The number of benzene rings is 2. The maximum absolute atomic E-state index is 13.4. The van der Waals surface area contributed by atoms with Crippen molar-refractivity contribution in [2.24, 2.45) is 11.7 Å². The van der Waals surface area contributed by atoms with Crippen LogP contribution in [0.15, 0.2) is 36.4 Å². The lowest BCUT2D eigenvalue weighted by atomic mass is 9.97. The van der Waals surface area contributed by atoms with E-state index in [0.717, 1.165) is 24.9 Å². The van der Waals surface area contributed by atoms with Crippen molar-refractivity contribution < 1.29 is 22.8 Å². The van der Waals surface area contributed by atoms with Gasteiger partial charge >= 0.3 is 0 Å². The first-order chi connectivity index (χ1) is 13.3. The fourth-order valence-corrected chi connectivity index (χ4v) is 3.33. The van der Waals surface area contributed by atoms with Crippen LogP contribution in [0.1, 0.15) is 28.8 Å². The number of piperidine rings is 1. The highest BCUT2D eigenvalue weighted by molar-refractivity contribution is 6.04. The number of amides is 2. The smallest absolute Gasteiger partial charge is 0.255 e. The number of primary amides is 1. The first kappa shape index (κ1) is 19.9. The second-order valence-electron chi connectivity index (χ2n) is 6.84. The molecule has 0 saturated carbocycles. The van der Waals surface area contributed by atoms with E-state index in [1.54, 1.807) is 18.2 Å². The van der Waals surface area contributed by atoms with Gasteiger partial charge in [-0.05, 0) is 43.1 Å². The van der Waals surface area contributed by atoms with Crippen molar-refractivity contribution in [1.29, 1.82) is 0 Å². The lowest BCUT2D eigenvalue weighted by Gasteiger charge is -2.31. The molecule has 1 heterocycles. The van der Waals surface area contributed by atoms with Crippen LogP contribution in [0.5, 0.6) is 0 Å². The number of hydrogen-bond donors (Lipinski definition) is 2. The highest BCUT2D eigenvalue weighted by Crippen LogP contribution is 2.23. The number of rotatable bonds is 5. The van der Waals surface area contributed by atoms with Crippen LogP contribution in [0.3, 0.4) is 0 Å². The molecule has 2 aromatic carbocycles. The topological polar surface area (TPSA) is 75.4 Å². The predicted molar refractivity (Wildman–Crippen MR) is 97.9 cm³/mol. The van der Waals surface area contributed by atoms with E-state index in [1.165, 1.54) is 0 Å². The van der Waals surface area contributed by atoms with Crippen molar-refractivity contribution >= 4 is 17.5 Å². The van der Waals surface area contributed by atoms with Crippen LogP contribution in [0.25, 0.3) is 0 Å². The Balaban J connectivity index is 1.75. The van der Waals surface area contributed by atoms with Crippen LogP contribution >= 0.6 is 0 Å². The summed E-state index contributed by atoms with van der Waals surface area (Å²) in [6.45, 7) is 1.80. The monoisotopic (exact) mass is 391 g/mol. The molecule has 2 amide bonds. The Kier molecular flexibility index (Phi) is 5.99. The molecule has 1 aliphatic rings. The van der Waals surface area contributed by atoms with Gasteiger partial charge in [0, 0.05) is 24.3 Å². The minimum Gasteiger partial charge on any atom is -0.369 e. The average molecular weight is 391 g/mol. The number of nitrogens with one attached hydrogen (secondary N) is 1. The van der Waals surface area contributed by atoms with Crippen LogP contribution in [-0.4, -0.2) is 29.8 Å². The van der Waals surface area contributed by atoms with Gasteiger partial charge in [0.05, 0.1) is 5.92 Å². The first-order valence-electron chi connectivity index (χ1n) is 8.90. The number of hydrogen-bond acceptors (Lipinski definition) is 3. The van der Waals surface area contributed by atoms with Crippen LogP contribution in [0.4, 0.5) is 18.9 Å². The number of halogens is 3. The highest BCUT2D eigenvalue weighted by atomic mass is 19.2. The standard InChI is InChI=1S/C20H20F3N3O2/c21-15-8-14(9-16(22)18(15)23)20(28)25-17-6-2-1-4-12(17)10-26-7-3-5-13(11-26)19(24)27/h1-2,4,6,8-9,13H,3,5,7,10-11H2,(H2,24,27)(H,25,28)/t13-/m1/s1. The van der Waals surface area contributed by atoms with Crippen molar-refractivity contribution in [2.75, 3.05) is 18.4 Å². The van der Waals surface area contributed by atoms with Crippen LogP contribution < -0.4 is 11.1 Å². The molecule has 148 valence electrons. The van der Waals surface area contributed by atoms with Gasteiger partial charge in [-0.15, -0.1) is 0 Å². The summed E-state index contributed by atoms with van der Waals surface area (Å²) in [5.41, 5.74) is 6.34. The van der Waals surface area contributed by atoms with Crippen molar-refractivity contribution in [3.05, 3.63) is 65.0 Å². The largest absolute Gasteiger partial charge is 0.369 e. The number of carbonyl (C=O) groups excluding carboxylic acids is 2. The molecule has 5 nitrogen and oxygen atoms in total. The summed E-state index contributed by atoms with van der Waals surface area (Å²) in [6.07, 6.45) is 1.60. The van der Waals surface area contributed by atoms with Crippen molar-refractivity contribution in [1.82, 2.24) is 4.90 Å². The van der Waals surface area contributed by atoms with Gasteiger partial charge in [0.2, 0.25) is 5.91 Å². The molecule has 1 fully saturated rings. The van der Waals surface area contributed by atoms with Gasteiger partial charge in [0.25, 0.3) is 5.91 Å². The molecule has 3 rings (SSSR count). The summed E-state index contributed by atoms with van der Waals surface area (Å²) in [4.78, 5) is 25.9. The molecule has 0 radical (unpaired) electrons. The van der Waals surface area contributed by atoms with Gasteiger partial charge in [-0.2, -0.15) is 0 Å². The Morgan fingerprint density at radius 2 is 1.82 bits per heavy atom. The predicted octanol–water partition coefficient (Wildman–Crippen LogP) is 3.05. The third-order valence-corrected chi connectivity index (χ3v) is 4.81.